The van der Waals surface area contributed by atoms with Gasteiger partial charge in [0.1, 0.15) is 11.6 Å². The number of halogens is 1. The van der Waals surface area contributed by atoms with E-state index in [0.717, 1.165) is 11.3 Å². The summed E-state index contributed by atoms with van der Waals surface area (Å²) in [5, 5.41) is 7.75. The summed E-state index contributed by atoms with van der Waals surface area (Å²) in [5.41, 5.74) is 2.09. The SMILES string of the molecule is Fc1ccc(/C=C/c2nc(SC/C=C/c3ccccc3)n[nH]2)cc1. The lowest BCUT2D eigenvalue weighted by Crippen LogP contribution is -1.78. The van der Waals surface area contributed by atoms with Crippen molar-refractivity contribution in [2.45, 2.75) is 5.16 Å². The van der Waals surface area contributed by atoms with Gasteiger partial charge in [-0.05, 0) is 29.3 Å². The minimum absolute atomic E-state index is 0.242. The van der Waals surface area contributed by atoms with Crippen molar-refractivity contribution in [3.8, 4) is 0 Å². The van der Waals surface area contributed by atoms with E-state index < -0.39 is 0 Å². The molecule has 0 saturated heterocycles. The van der Waals surface area contributed by atoms with Crippen LogP contribution in [-0.2, 0) is 0 Å². The van der Waals surface area contributed by atoms with Gasteiger partial charge in [-0.15, -0.1) is 5.10 Å². The van der Waals surface area contributed by atoms with E-state index in [4.69, 9.17) is 0 Å². The fraction of sp³-hybridized carbons (Fsp3) is 0.0526. The second kappa shape index (κ2) is 8.26. The van der Waals surface area contributed by atoms with Gasteiger partial charge in [-0.1, -0.05) is 72.5 Å². The zero-order valence-electron chi connectivity index (χ0n) is 12.9. The van der Waals surface area contributed by atoms with Crippen LogP contribution in [0.25, 0.3) is 18.2 Å². The van der Waals surface area contributed by atoms with Gasteiger partial charge in [0.15, 0.2) is 0 Å². The van der Waals surface area contributed by atoms with E-state index >= 15 is 0 Å². The largest absolute Gasteiger partial charge is 0.259 e. The Morgan fingerprint density at radius 1 is 0.917 bits per heavy atom. The van der Waals surface area contributed by atoms with E-state index in [1.807, 2.05) is 30.4 Å². The quantitative estimate of drug-likeness (QED) is 0.649. The van der Waals surface area contributed by atoms with E-state index in [0.29, 0.717) is 11.0 Å². The average molecular weight is 337 g/mol. The van der Waals surface area contributed by atoms with Gasteiger partial charge in [-0.25, -0.2) is 9.37 Å². The predicted octanol–water partition coefficient (Wildman–Crippen LogP) is 4.92. The predicted molar refractivity (Wildman–Crippen MR) is 97.9 cm³/mol. The van der Waals surface area contributed by atoms with Crippen molar-refractivity contribution in [1.82, 2.24) is 15.2 Å². The van der Waals surface area contributed by atoms with Gasteiger partial charge in [0.25, 0.3) is 0 Å². The molecule has 1 aromatic heterocycles. The number of nitrogens with zero attached hydrogens (tertiary/aromatic N) is 2. The molecule has 120 valence electrons. The van der Waals surface area contributed by atoms with Gasteiger partial charge in [-0.2, -0.15) is 0 Å². The first-order chi connectivity index (χ1) is 11.8. The zero-order chi connectivity index (χ0) is 16.6. The van der Waals surface area contributed by atoms with E-state index in [1.54, 1.807) is 23.9 Å². The van der Waals surface area contributed by atoms with E-state index in [2.05, 4.69) is 39.5 Å². The summed E-state index contributed by atoms with van der Waals surface area (Å²) in [7, 11) is 0. The van der Waals surface area contributed by atoms with Crippen LogP contribution in [0, 0.1) is 5.82 Å². The van der Waals surface area contributed by atoms with Crippen LogP contribution < -0.4 is 0 Å². The van der Waals surface area contributed by atoms with Crippen LogP contribution in [0.1, 0.15) is 17.0 Å². The van der Waals surface area contributed by atoms with E-state index in [9.17, 15) is 4.39 Å². The molecule has 0 aliphatic rings. The molecule has 0 amide bonds. The standard InChI is InChI=1S/C19H16FN3S/c20-17-11-8-16(9-12-17)10-13-18-21-19(23-22-18)24-14-4-7-15-5-2-1-3-6-15/h1-13H,14H2,(H,21,22,23)/b7-4+,13-10+. The molecule has 0 bridgehead atoms. The number of aromatic nitrogens is 3. The fourth-order valence-electron chi connectivity index (χ4n) is 2.02. The third-order valence-corrected chi connectivity index (χ3v) is 4.00. The molecule has 0 radical (unpaired) electrons. The van der Waals surface area contributed by atoms with E-state index in [-0.39, 0.29) is 5.82 Å². The molecular weight excluding hydrogens is 321 g/mol. The molecule has 3 aromatic rings. The third-order valence-electron chi connectivity index (χ3n) is 3.20. The maximum absolute atomic E-state index is 12.8. The zero-order valence-corrected chi connectivity index (χ0v) is 13.7. The molecule has 5 heteroatoms. The summed E-state index contributed by atoms with van der Waals surface area (Å²) in [6.45, 7) is 0. The van der Waals surface area contributed by atoms with Crippen LogP contribution >= 0.6 is 11.8 Å². The Balaban J connectivity index is 1.52. The highest BCUT2D eigenvalue weighted by Gasteiger charge is 2.00. The van der Waals surface area contributed by atoms with Crippen LogP contribution in [0.5, 0.6) is 0 Å². The molecule has 0 spiro atoms. The number of thioether (sulfide) groups is 1. The van der Waals surface area contributed by atoms with Crippen molar-refractivity contribution < 1.29 is 4.39 Å². The monoisotopic (exact) mass is 337 g/mol. The Morgan fingerprint density at radius 2 is 1.67 bits per heavy atom. The first-order valence-electron chi connectivity index (χ1n) is 7.50. The minimum atomic E-state index is -0.242. The van der Waals surface area contributed by atoms with Crippen LogP contribution in [0.4, 0.5) is 4.39 Å². The topological polar surface area (TPSA) is 41.6 Å². The molecule has 0 unspecified atom stereocenters. The van der Waals surface area contributed by atoms with Gasteiger partial charge in [-0.3, -0.25) is 5.10 Å². The van der Waals surface area contributed by atoms with Crippen molar-refractivity contribution in [1.29, 1.82) is 0 Å². The molecule has 3 nitrogen and oxygen atoms in total. The molecule has 0 fully saturated rings. The number of nitrogens with one attached hydrogen (secondary N) is 1. The minimum Gasteiger partial charge on any atom is -0.259 e. The summed E-state index contributed by atoms with van der Waals surface area (Å²) in [4.78, 5) is 4.39. The Kier molecular flexibility index (Phi) is 5.58. The first-order valence-corrected chi connectivity index (χ1v) is 8.48. The summed E-state index contributed by atoms with van der Waals surface area (Å²) in [5.74, 6) is 1.23. The summed E-state index contributed by atoms with van der Waals surface area (Å²) in [6.07, 6.45) is 7.85. The van der Waals surface area contributed by atoms with Crippen molar-refractivity contribution in [3.05, 3.63) is 83.4 Å². The molecule has 3 rings (SSSR count). The van der Waals surface area contributed by atoms with Gasteiger partial charge >= 0.3 is 0 Å². The highest BCUT2D eigenvalue weighted by Crippen LogP contribution is 2.14. The van der Waals surface area contributed by atoms with Crippen LogP contribution in [-0.4, -0.2) is 20.9 Å². The normalized spacial score (nSPS) is 11.5. The number of H-pyrrole nitrogens is 1. The van der Waals surface area contributed by atoms with Crippen LogP contribution in [0.2, 0.25) is 0 Å². The summed E-state index contributed by atoms with van der Waals surface area (Å²) in [6, 6.07) is 16.4. The maximum atomic E-state index is 12.8. The molecular formula is C19H16FN3S. The highest BCUT2D eigenvalue weighted by molar-refractivity contribution is 7.99. The maximum Gasteiger partial charge on any atom is 0.209 e. The number of aromatic amines is 1. The lowest BCUT2D eigenvalue weighted by atomic mass is 10.2. The van der Waals surface area contributed by atoms with Crippen LogP contribution in [0.3, 0.4) is 0 Å². The van der Waals surface area contributed by atoms with Gasteiger partial charge in [0.2, 0.25) is 5.16 Å². The summed E-state index contributed by atoms with van der Waals surface area (Å²) >= 11 is 1.56. The lowest BCUT2D eigenvalue weighted by Gasteiger charge is -1.92. The smallest absolute Gasteiger partial charge is 0.209 e. The van der Waals surface area contributed by atoms with E-state index in [1.165, 1.54) is 17.7 Å². The Morgan fingerprint density at radius 3 is 2.46 bits per heavy atom. The van der Waals surface area contributed by atoms with Crippen LogP contribution in [0.15, 0.2) is 65.8 Å². The molecule has 2 aromatic carbocycles. The van der Waals surface area contributed by atoms with Gasteiger partial charge in [0, 0.05) is 5.75 Å². The lowest BCUT2D eigenvalue weighted by molar-refractivity contribution is 0.628. The van der Waals surface area contributed by atoms with Crippen molar-refractivity contribution in [2.75, 3.05) is 5.75 Å². The van der Waals surface area contributed by atoms with Crippen molar-refractivity contribution in [2.24, 2.45) is 0 Å². The Labute approximate surface area is 144 Å². The Hall–Kier alpha value is -2.66. The molecule has 0 aliphatic carbocycles. The number of hydrogen-bond acceptors (Lipinski definition) is 3. The molecule has 1 heterocycles. The van der Waals surface area contributed by atoms with Crippen molar-refractivity contribution >= 4 is 30.0 Å². The first kappa shape index (κ1) is 16.2. The van der Waals surface area contributed by atoms with Gasteiger partial charge in [0.05, 0.1) is 0 Å². The fourth-order valence-corrected chi connectivity index (χ4v) is 2.63. The second-order valence-electron chi connectivity index (χ2n) is 5.01. The van der Waals surface area contributed by atoms with Gasteiger partial charge < -0.3 is 0 Å². The molecule has 1 N–H and O–H groups in total. The number of hydrogen-bond donors (Lipinski definition) is 1. The number of rotatable bonds is 6. The number of benzene rings is 2. The Bertz CT molecular complexity index is 823. The third kappa shape index (κ3) is 4.93. The molecule has 0 atom stereocenters. The van der Waals surface area contributed by atoms with Crippen molar-refractivity contribution in [3.63, 3.8) is 0 Å². The summed E-state index contributed by atoms with van der Waals surface area (Å²) < 4.78 is 12.8. The highest BCUT2D eigenvalue weighted by atomic mass is 32.2. The molecule has 24 heavy (non-hydrogen) atoms. The molecule has 0 saturated carbocycles. The second-order valence-corrected chi connectivity index (χ2v) is 6.00. The molecule has 0 aliphatic heterocycles. The average Bonchev–Trinajstić information content (AvgIpc) is 3.07.